The van der Waals surface area contributed by atoms with Crippen LogP contribution in [-0.4, -0.2) is 37.0 Å². The number of nitrogens with one attached hydrogen (secondary N) is 1. The maximum atomic E-state index is 12.1. The Bertz CT molecular complexity index is 235. The van der Waals surface area contributed by atoms with Crippen LogP contribution in [0.25, 0.3) is 0 Å². The van der Waals surface area contributed by atoms with Crippen LogP contribution in [-0.2, 0) is 4.79 Å². The van der Waals surface area contributed by atoms with E-state index in [1.165, 1.54) is 38.5 Å². The van der Waals surface area contributed by atoms with Gasteiger partial charge in [0.25, 0.3) is 0 Å². The molecule has 0 aliphatic carbocycles. The first-order valence-corrected chi connectivity index (χ1v) is 8.26. The Morgan fingerprint density at radius 1 is 1.11 bits per heavy atom. The van der Waals surface area contributed by atoms with Crippen LogP contribution in [0.5, 0.6) is 0 Å². The van der Waals surface area contributed by atoms with Gasteiger partial charge in [0.15, 0.2) is 0 Å². The number of carbonyl (C=O) groups excluding carboxylic acids is 1. The summed E-state index contributed by atoms with van der Waals surface area (Å²) in [5.74, 6) is 1.16. The third kappa shape index (κ3) is 6.95. The summed E-state index contributed by atoms with van der Waals surface area (Å²) in [6.45, 7) is 8.50. The number of amides is 1. The quantitative estimate of drug-likeness (QED) is 0.651. The maximum Gasteiger partial charge on any atom is 0.222 e. The lowest BCUT2D eigenvalue weighted by molar-refractivity contribution is -0.132. The van der Waals surface area contributed by atoms with Gasteiger partial charge in [-0.2, -0.15) is 0 Å². The minimum atomic E-state index is 0.387. The van der Waals surface area contributed by atoms with Gasteiger partial charge in [-0.15, -0.1) is 0 Å². The molecule has 3 nitrogen and oxygen atoms in total. The van der Waals surface area contributed by atoms with Crippen molar-refractivity contribution in [3.05, 3.63) is 0 Å². The van der Waals surface area contributed by atoms with Gasteiger partial charge >= 0.3 is 0 Å². The highest BCUT2D eigenvalue weighted by molar-refractivity contribution is 5.76. The van der Waals surface area contributed by atoms with Crippen molar-refractivity contribution >= 4 is 5.91 Å². The summed E-state index contributed by atoms with van der Waals surface area (Å²) in [6, 6.07) is 0. The molecule has 19 heavy (non-hydrogen) atoms. The molecule has 0 spiro atoms. The average molecular weight is 268 g/mol. The minimum absolute atomic E-state index is 0.387. The predicted molar refractivity (Wildman–Crippen MR) is 81.2 cm³/mol. The van der Waals surface area contributed by atoms with Crippen molar-refractivity contribution < 1.29 is 4.79 Å². The molecule has 112 valence electrons. The topological polar surface area (TPSA) is 32.3 Å². The molecule has 3 heteroatoms. The van der Waals surface area contributed by atoms with Gasteiger partial charge in [-0.3, -0.25) is 4.79 Å². The van der Waals surface area contributed by atoms with E-state index >= 15 is 0 Å². The number of rotatable bonds is 9. The zero-order valence-corrected chi connectivity index (χ0v) is 12.9. The first kappa shape index (κ1) is 16.5. The van der Waals surface area contributed by atoms with Crippen molar-refractivity contribution in [2.75, 3.05) is 26.2 Å². The third-order valence-corrected chi connectivity index (χ3v) is 4.14. The highest BCUT2D eigenvalue weighted by atomic mass is 16.2. The van der Waals surface area contributed by atoms with Crippen LogP contribution in [0.2, 0.25) is 0 Å². The van der Waals surface area contributed by atoms with E-state index in [4.69, 9.17) is 0 Å². The molecule has 1 amide bonds. The van der Waals surface area contributed by atoms with E-state index in [2.05, 4.69) is 24.1 Å². The maximum absolute atomic E-state index is 12.1. The molecule has 0 aromatic rings. The Kier molecular flexibility index (Phi) is 8.89. The van der Waals surface area contributed by atoms with E-state index in [0.29, 0.717) is 5.91 Å². The van der Waals surface area contributed by atoms with Gasteiger partial charge in [0.2, 0.25) is 5.91 Å². The highest BCUT2D eigenvalue weighted by Crippen LogP contribution is 2.18. The van der Waals surface area contributed by atoms with Gasteiger partial charge in [-0.25, -0.2) is 0 Å². The second kappa shape index (κ2) is 10.2. The second-order valence-corrected chi connectivity index (χ2v) is 5.80. The SMILES string of the molecule is CCCCCCCC(=O)N1CCC(CNCC)CC1. The summed E-state index contributed by atoms with van der Waals surface area (Å²) < 4.78 is 0. The Hall–Kier alpha value is -0.570. The molecule has 0 aromatic heterocycles. The van der Waals surface area contributed by atoms with E-state index < -0.39 is 0 Å². The molecule has 0 bridgehead atoms. The van der Waals surface area contributed by atoms with E-state index in [-0.39, 0.29) is 0 Å². The number of likely N-dealkylation sites (tertiary alicyclic amines) is 1. The van der Waals surface area contributed by atoms with Gasteiger partial charge in [-0.1, -0.05) is 39.5 Å². The van der Waals surface area contributed by atoms with Crippen LogP contribution in [0, 0.1) is 5.92 Å². The lowest BCUT2D eigenvalue weighted by Crippen LogP contribution is -2.40. The standard InChI is InChI=1S/C16H32N2O/c1-3-5-6-7-8-9-16(19)18-12-10-15(11-13-18)14-17-4-2/h15,17H,3-14H2,1-2H3. The number of hydrogen-bond acceptors (Lipinski definition) is 2. The molecular weight excluding hydrogens is 236 g/mol. The van der Waals surface area contributed by atoms with Crippen LogP contribution in [0.3, 0.4) is 0 Å². The average Bonchev–Trinajstić information content (AvgIpc) is 2.45. The van der Waals surface area contributed by atoms with E-state index in [9.17, 15) is 4.79 Å². The van der Waals surface area contributed by atoms with Crippen LogP contribution in [0.1, 0.15) is 65.2 Å². The second-order valence-electron chi connectivity index (χ2n) is 5.80. The highest BCUT2D eigenvalue weighted by Gasteiger charge is 2.21. The van der Waals surface area contributed by atoms with E-state index in [1.54, 1.807) is 0 Å². The van der Waals surface area contributed by atoms with Crippen molar-refractivity contribution in [3.8, 4) is 0 Å². The number of carbonyl (C=O) groups is 1. The third-order valence-electron chi connectivity index (χ3n) is 4.14. The fourth-order valence-corrected chi connectivity index (χ4v) is 2.77. The van der Waals surface area contributed by atoms with Crippen molar-refractivity contribution in [2.24, 2.45) is 5.92 Å². The van der Waals surface area contributed by atoms with Crippen molar-refractivity contribution in [2.45, 2.75) is 65.2 Å². The molecule has 1 aliphatic rings. The van der Waals surface area contributed by atoms with Gasteiger partial charge in [0, 0.05) is 19.5 Å². The largest absolute Gasteiger partial charge is 0.343 e. The molecule has 1 aliphatic heterocycles. The zero-order valence-electron chi connectivity index (χ0n) is 12.9. The van der Waals surface area contributed by atoms with Crippen molar-refractivity contribution in [1.82, 2.24) is 10.2 Å². The molecule has 0 saturated carbocycles. The fraction of sp³-hybridized carbons (Fsp3) is 0.938. The van der Waals surface area contributed by atoms with E-state index in [0.717, 1.165) is 44.9 Å². The molecule has 1 saturated heterocycles. The number of nitrogens with zero attached hydrogens (tertiary/aromatic N) is 1. The Morgan fingerprint density at radius 3 is 2.42 bits per heavy atom. The number of unbranched alkanes of at least 4 members (excludes halogenated alkanes) is 4. The summed E-state index contributed by atoms with van der Waals surface area (Å²) in [5, 5.41) is 3.41. The van der Waals surface area contributed by atoms with Crippen molar-refractivity contribution in [1.29, 1.82) is 0 Å². The summed E-state index contributed by atoms with van der Waals surface area (Å²) >= 11 is 0. The minimum Gasteiger partial charge on any atom is -0.343 e. The number of piperidine rings is 1. The fourth-order valence-electron chi connectivity index (χ4n) is 2.77. The zero-order chi connectivity index (χ0) is 13.9. The summed E-state index contributed by atoms with van der Waals surface area (Å²) in [7, 11) is 0. The monoisotopic (exact) mass is 268 g/mol. The molecule has 1 fully saturated rings. The van der Waals surface area contributed by atoms with Crippen LogP contribution >= 0.6 is 0 Å². The predicted octanol–water partition coefficient (Wildman–Crippen LogP) is 3.20. The van der Waals surface area contributed by atoms with Crippen LogP contribution < -0.4 is 5.32 Å². The Labute approximate surface area is 119 Å². The first-order chi connectivity index (χ1) is 9.27. The summed E-state index contributed by atoms with van der Waals surface area (Å²) in [5.41, 5.74) is 0. The van der Waals surface area contributed by atoms with Gasteiger partial charge in [-0.05, 0) is 38.3 Å². The first-order valence-electron chi connectivity index (χ1n) is 8.26. The summed E-state index contributed by atoms with van der Waals surface area (Å²) in [6.07, 6.45) is 9.28. The lowest BCUT2D eigenvalue weighted by atomic mass is 9.96. The Balaban J connectivity index is 2.07. The molecule has 1 heterocycles. The molecule has 1 rings (SSSR count). The smallest absolute Gasteiger partial charge is 0.222 e. The van der Waals surface area contributed by atoms with Gasteiger partial charge in [0.1, 0.15) is 0 Å². The van der Waals surface area contributed by atoms with E-state index in [1.807, 2.05) is 0 Å². The summed E-state index contributed by atoms with van der Waals surface area (Å²) in [4.78, 5) is 14.1. The van der Waals surface area contributed by atoms with Crippen LogP contribution in [0.15, 0.2) is 0 Å². The molecule has 0 unspecified atom stereocenters. The van der Waals surface area contributed by atoms with Crippen molar-refractivity contribution in [3.63, 3.8) is 0 Å². The molecule has 1 N–H and O–H groups in total. The molecule has 0 aromatic carbocycles. The Morgan fingerprint density at radius 2 is 1.79 bits per heavy atom. The molecule has 0 radical (unpaired) electrons. The molecular formula is C16H32N2O. The van der Waals surface area contributed by atoms with Gasteiger partial charge < -0.3 is 10.2 Å². The normalized spacial score (nSPS) is 16.8. The van der Waals surface area contributed by atoms with Gasteiger partial charge in [0.05, 0.1) is 0 Å². The lowest BCUT2D eigenvalue weighted by Gasteiger charge is -2.32. The molecule has 0 atom stereocenters. The number of hydrogen-bond donors (Lipinski definition) is 1. The van der Waals surface area contributed by atoms with Crippen LogP contribution in [0.4, 0.5) is 0 Å².